The molecule has 0 fully saturated rings. The Balaban J connectivity index is 1.99. The Morgan fingerprint density at radius 3 is 2.52 bits per heavy atom. The Morgan fingerprint density at radius 1 is 1.00 bits per heavy atom. The van der Waals surface area contributed by atoms with Crippen LogP contribution in [0.15, 0.2) is 42.6 Å². The van der Waals surface area contributed by atoms with Crippen LogP contribution in [0.5, 0.6) is 0 Å². The van der Waals surface area contributed by atoms with Gasteiger partial charge in [0.15, 0.2) is 0 Å². The molecule has 1 heterocycles. The van der Waals surface area contributed by atoms with Crippen LogP contribution in [0.3, 0.4) is 0 Å². The second-order valence-electron chi connectivity index (χ2n) is 5.98. The van der Waals surface area contributed by atoms with Crippen LogP contribution in [-0.2, 0) is 19.3 Å². The molecule has 0 spiro atoms. The predicted octanol–water partition coefficient (Wildman–Crippen LogP) is 3.51. The molecule has 21 heavy (non-hydrogen) atoms. The standard InChI is InChI=1S/C19H24N2/c1-20-14-18-13-17-10-5-3-8-15(17)7-2-4-9-16-11-6-12-21-19(16)18/h3,5-6,8,10-12,18,20H,2,4,7,9,13-14H2,1H3. The zero-order valence-electron chi connectivity index (χ0n) is 12.8. The van der Waals surface area contributed by atoms with Crippen molar-refractivity contribution in [2.45, 2.75) is 38.0 Å². The zero-order valence-corrected chi connectivity index (χ0v) is 12.8. The summed E-state index contributed by atoms with van der Waals surface area (Å²) in [4.78, 5) is 4.73. The quantitative estimate of drug-likeness (QED) is 0.910. The fraction of sp³-hybridized carbons (Fsp3) is 0.421. The number of fused-ring (bicyclic) bond motifs is 2. The molecule has 0 saturated heterocycles. The Bertz CT molecular complexity index is 592. The summed E-state index contributed by atoms with van der Waals surface area (Å²) in [5.41, 5.74) is 5.76. The van der Waals surface area contributed by atoms with Crippen molar-refractivity contribution in [2.75, 3.05) is 13.6 Å². The molecule has 1 N–H and O–H groups in total. The van der Waals surface area contributed by atoms with Gasteiger partial charge in [0.25, 0.3) is 0 Å². The molecule has 1 atom stereocenters. The summed E-state index contributed by atoms with van der Waals surface area (Å²) >= 11 is 0. The highest BCUT2D eigenvalue weighted by molar-refractivity contribution is 5.32. The van der Waals surface area contributed by atoms with Gasteiger partial charge in [-0.25, -0.2) is 0 Å². The first-order chi connectivity index (χ1) is 10.4. The molecule has 0 saturated carbocycles. The molecule has 1 aliphatic carbocycles. The predicted molar refractivity (Wildman–Crippen MR) is 87.7 cm³/mol. The van der Waals surface area contributed by atoms with E-state index in [9.17, 15) is 0 Å². The summed E-state index contributed by atoms with van der Waals surface area (Å²) < 4.78 is 0. The highest BCUT2D eigenvalue weighted by Crippen LogP contribution is 2.27. The highest BCUT2D eigenvalue weighted by Gasteiger charge is 2.19. The van der Waals surface area contributed by atoms with E-state index in [0.717, 1.165) is 19.4 Å². The third kappa shape index (κ3) is 3.33. The second kappa shape index (κ2) is 6.86. The number of hydrogen-bond acceptors (Lipinski definition) is 2. The Labute approximate surface area is 127 Å². The normalized spacial score (nSPS) is 18.6. The van der Waals surface area contributed by atoms with Crippen LogP contribution in [0.2, 0.25) is 0 Å². The van der Waals surface area contributed by atoms with E-state index < -0.39 is 0 Å². The minimum absolute atomic E-state index is 0.463. The van der Waals surface area contributed by atoms with Crippen molar-refractivity contribution in [3.63, 3.8) is 0 Å². The van der Waals surface area contributed by atoms with Crippen LogP contribution in [0, 0.1) is 0 Å². The summed E-state index contributed by atoms with van der Waals surface area (Å²) in [6, 6.07) is 13.3. The third-order valence-corrected chi connectivity index (χ3v) is 4.49. The lowest BCUT2D eigenvalue weighted by Crippen LogP contribution is -2.22. The van der Waals surface area contributed by atoms with E-state index in [1.165, 1.54) is 41.6 Å². The van der Waals surface area contributed by atoms with Crippen molar-refractivity contribution in [1.29, 1.82) is 0 Å². The summed E-state index contributed by atoms with van der Waals surface area (Å²) in [5, 5.41) is 3.35. The number of aryl methyl sites for hydroxylation is 2. The summed E-state index contributed by atoms with van der Waals surface area (Å²) in [6.07, 6.45) is 7.91. The zero-order chi connectivity index (χ0) is 14.5. The average Bonchev–Trinajstić information content (AvgIpc) is 2.53. The van der Waals surface area contributed by atoms with E-state index >= 15 is 0 Å². The molecule has 2 nitrogen and oxygen atoms in total. The van der Waals surface area contributed by atoms with Crippen LogP contribution in [0.4, 0.5) is 0 Å². The van der Waals surface area contributed by atoms with Gasteiger partial charge in [0.2, 0.25) is 0 Å². The molecule has 0 radical (unpaired) electrons. The van der Waals surface area contributed by atoms with Crippen LogP contribution < -0.4 is 5.32 Å². The van der Waals surface area contributed by atoms with Gasteiger partial charge in [0, 0.05) is 24.4 Å². The number of likely N-dealkylation sites (N-methyl/N-ethyl adjacent to an activating group) is 1. The van der Waals surface area contributed by atoms with Gasteiger partial charge in [-0.15, -0.1) is 0 Å². The van der Waals surface area contributed by atoms with Crippen molar-refractivity contribution in [2.24, 2.45) is 0 Å². The number of nitrogens with one attached hydrogen (secondary N) is 1. The van der Waals surface area contributed by atoms with Gasteiger partial charge < -0.3 is 5.32 Å². The summed E-state index contributed by atoms with van der Waals surface area (Å²) in [5.74, 6) is 0.463. The second-order valence-corrected chi connectivity index (χ2v) is 5.98. The Morgan fingerprint density at radius 2 is 1.71 bits per heavy atom. The molecule has 1 unspecified atom stereocenters. The third-order valence-electron chi connectivity index (χ3n) is 4.49. The van der Waals surface area contributed by atoms with E-state index in [1.54, 1.807) is 0 Å². The highest BCUT2D eigenvalue weighted by atomic mass is 14.8. The van der Waals surface area contributed by atoms with Gasteiger partial charge in [-0.05, 0) is 61.9 Å². The van der Waals surface area contributed by atoms with E-state index in [0.29, 0.717) is 5.92 Å². The summed E-state index contributed by atoms with van der Waals surface area (Å²) in [6.45, 7) is 0.984. The molecule has 2 aromatic rings. The molecule has 110 valence electrons. The maximum absolute atomic E-state index is 4.73. The molecule has 0 bridgehead atoms. The molecule has 1 aromatic carbocycles. The Kier molecular flexibility index (Phi) is 4.66. The molecule has 1 aromatic heterocycles. The molecular weight excluding hydrogens is 256 g/mol. The van der Waals surface area contributed by atoms with Gasteiger partial charge >= 0.3 is 0 Å². The van der Waals surface area contributed by atoms with E-state index in [4.69, 9.17) is 4.98 Å². The largest absolute Gasteiger partial charge is 0.319 e. The molecule has 0 amide bonds. The van der Waals surface area contributed by atoms with Crippen molar-refractivity contribution in [3.8, 4) is 0 Å². The van der Waals surface area contributed by atoms with Gasteiger partial charge in [0.05, 0.1) is 0 Å². The van der Waals surface area contributed by atoms with E-state index in [2.05, 4.69) is 41.7 Å². The number of benzene rings is 1. The van der Waals surface area contributed by atoms with Crippen LogP contribution in [0.1, 0.15) is 41.1 Å². The number of hydrogen-bond donors (Lipinski definition) is 1. The maximum atomic E-state index is 4.73. The minimum Gasteiger partial charge on any atom is -0.319 e. The number of aromatic nitrogens is 1. The molecular formula is C19H24N2. The topological polar surface area (TPSA) is 24.9 Å². The first-order valence-corrected chi connectivity index (χ1v) is 8.03. The van der Waals surface area contributed by atoms with Gasteiger partial charge in [0.1, 0.15) is 0 Å². The number of pyridine rings is 1. The van der Waals surface area contributed by atoms with Gasteiger partial charge in [-0.1, -0.05) is 30.3 Å². The van der Waals surface area contributed by atoms with Crippen LogP contribution >= 0.6 is 0 Å². The first-order valence-electron chi connectivity index (χ1n) is 8.03. The van der Waals surface area contributed by atoms with Gasteiger partial charge in [-0.3, -0.25) is 4.98 Å². The van der Waals surface area contributed by atoms with Crippen molar-refractivity contribution in [1.82, 2.24) is 10.3 Å². The Hall–Kier alpha value is -1.67. The van der Waals surface area contributed by atoms with Crippen LogP contribution in [-0.4, -0.2) is 18.6 Å². The van der Waals surface area contributed by atoms with Crippen molar-refractivity contribution < 1.29 is 0 Å². The lowest BCUT2D eigenvalue weighted by molar-refractivity contribution is 0.589. The molecule has 3 rings (SSSR count). The molecule has 0 aliphatic heterocycles. The fourth-order valence-corrected chi connectivity index (χ4v) is 3.44. The SMILES string of the molecule is CNCC1Cc2ccccc2CCCCc2cccnc21. The van der Waals surface area contributed by atoms with Crippen molar-refractivity contribution in [3.05, 3.63) is 65.0 Å². The smallest absolute Gasteiger partial charge is 0.0482 e. The molecule has 2 heteroatoms. The number of rotatable bonds is 2. The van der Waals surface area contributed by atoms with E-state index in [-0.39, 0.29) is 0 Å². The van der Waals surface area contributed by atoms with E-state index in [1.807, 2.05) is 13.2 Å². The summed E-state index contributed by atoms with van der Waals surface area (Å²) in [7, 11) is 2.04. The first kappa shape index (κ1) is 14.3. The molecule has 1 aliphatic rings. The average molecular weight is 280 g/mol. The lowest BCUT2D eigenvalue weighted by Gasteiger charge is -2.22. The maximum Gasteiger partial charge on any atom is 0.0482 e. The lowest BCUT2D eigenvalue weighted by atomic mass is 9.86. The fourth-order valence-electron chi connectivity index (χ4n) is 3.44. The monoisotopic (exact) mass is 280 g/mol. The number of nitrogens with zero attached hydrogens (tertiary/aromatic N) is 1. The van der Waals surface area contributed by atoms with Gasteiger partial charge in [-0.2, -0.15) is 0 Å². The van der Waals surface area contributed by atoms with Crippen molar-refractivity contribution >= 4 is 0 Å². The van der Waals surface area contributed by atoms with Crippen LogP contribution in [0.25, 0.3) is 0 Å². The minimum atomic E-state index is 0.463.